The zero-order chi connectivity index (χ0) is 15.5. The Balaban J connectivity index is 2.45. The lowest BCUT2D eigenvalue weighted by Gasteiger charge is -2.47. The van der Waals surface area contributed by atoms with Crippen molar-refractivity contribution in [2.45, 2.75) is 58.1 Å². The molecule has 3 heteroatoms. The lowest BCUT2D eigenvalue weighted by molar-refractivity contribution is -0.100. The molecule has 1 aromatic rings. The van der Waals surface area contributed by atoms with Crippen molar-refractivity contribution in [1.29, 1.82) is 0 Å². The van der Waals surface area contributed by atoms with Gasteiger partial charge in [0.15, 0.2) is 0 Å². The molecule has 1 aliphatic rings. The average Bonchev–Trinajstić information content (AvgIpc) is 2.41. The Labute approximate surface area is 129 Å². The third kappa shape index (κ3) is 3.09. The Bertz CT molecular complexity index is 475. The fraction of sp³-hybridized carbons (Fsp3) is 0.667. The first kappa shape index (κ1) is 16.3. The zero-order valence-corrected chi connectivity index (χ0v) is 14.1. The van der Waals surface area contributed by atoms with E-state index in [0.717, 1.165) is 31.6 Å². The van der Waals surface area contributed by atoms with Gasteiger partial charge in [-0.1, -0.05) is 13.0 Å². The fourth-order valence-electron chi connectivity index (χ4n) is 3.45. The molecule has 0 saturated heterocycles. The molecule has 0 heterocycles. The molecule has 1 saturated carbocycles. The van der Waals surface area contributed by atoms with Crippen LogP contribution < -0.4 is 10.1 Å². The first-order chi connectivity index (χ1) is 10.1. The summed E-state index contributed by atoms with van der Waals surface area (Å²) in [5.74, 6) is 0.976. The maximum atomic E-state index is 5.95. The largest absolute Gasteiger partial charge is 0.496 e. The number of hydrogen-bond acceptors (Lipinski definition) is 3. The van der Waals surface area contributed by atoms with E-state index in [4.69, 9.17) is 9.47 Å². The van der Waals surface area contributed by atoms with E-state index in [2.05, 4.69) is 38.2 Å². The minimum absolute atomic E-state index is 0.0809. The molecule has 0 aromatic heterocycles. The summed E-state index contributed by atoms with van der Waals surface area (Å²) in [5.41, 5.74) is 3.70. The zero-order valence-electron chi connectivity index (χ0n) is 14.1. The van der Waals surface area contributed by atoms with Crippen LogP contribution in [0.5, 0.6) is 5.75 Å². The summed E-state index contributed by atoms with van der Waals surface area (Å²) in [6, 6.07) is 4.57. The molecule has 1 fully saturated rings. The Morgan fingerprint density at radius 2 is 1.95 bits per heavy atom. The van der Waals surface area contributed by atoms with Crippen LogP contribution in [0.2, 0.25) is 0 Å². The second-order valence-corrected chi connectivity index (χ2v) is 6.21. The molecule has 1 aromatic carbocycles. The maximum absolute atomic E-state index is 5.95. The summed E-state index contributed by atoms with van der Waals surface area (Å²) in [5, 5.41) is 3.71. The fourth-order valence-corrected chi connectivity index (χ4v) is 3.45. The van der Waals surface area contributed by atoms with Crippen LogP contribution in [-0.4, -0.2) is 26.4 Å². The first-order valence-electron chi connectivity index (χ1n) is 8.01. The van der Waals surface area contributed by atoms with E-state index < -0.39 is 0 Å². The highest BCUT2D eigenvalue weighted by Gasteiger charge is 2.46. The molecule has 21 heavy (non-hydrogen) atoms. The highest BCUT2D eigenvalue weighted by Crippen LogP contribution is 2.47. The van der Waals surface area contributed by atoms with Gasteiger partial charge in [0.25, 0.3) is 0 Å². The minimum atomic E-state index is -0.0809. The van der Waals surface area contributed by atoms with Gasteiger partial charge in [0.05, 0.1) is 18.8 Å². The summed E-state index contributed by atoms with van der Waals surface area (Å²) in [4.78, 5) is 0. The van der Waals surface area contributed by atoms with Crippen LogP contribution >= 0.6 is 0 Å². The van der Waals surface area contributed by atoms with Gasteiger partial charge in [-0.15, -0.1) is 0 Å². The molecule has 2 rings (SSSR count). The van der Waals surface area contributed by atoms with Gasteiger partial charge in [-0.25, -0.2) is 0 Å². The van der Waals surface area contributed by atoms with Crippen molar-refractivity contribution in [3.8, 4) is 5.75 Å². The molecule has 1 unspecified atom stereocenters. The normalized spacial score (nSPS) is 18.1. The number of methoxy groups -OCH3 is 2. The van der Waals surface area contributed by atoms with Gasteiger partial charge in [0.2, 0.25) is 0 Å². The van der Waals surface area contributed by atoms with Crippen molar-refractivity contribution in [2.24, 2.45) is 0 Å². The summed E-state index contributed by atoms with van der Waals surface area (Å²) in [6.07, 6.45) is 4.58. The highest BCUT2D eigenvalue weighted by atomic mass is 16.5. The number of ether oxygens (including phenoxy) is 2. The van der Waals surface area contributed by atoms with Gasteiger partial charge in [-0.2, -0.15) is 0 Å². The van der Waals surface area contributed by atoms with Crippen molar-refractivity contribution in [3.05, 3.63) is 28.8 Å². The summed E-state index contributed by atoms with van der Waals surface area (Å²) >= 11 is 0. The monoisotopic (exact) mass is 291 g/mol. The van der Waals surface area contributed by atoms with Crippen LogP contribution in [0.15, 0.2) is 12.1 Å². The van der Waals surface area contributed by atoms with Gasteiger partial charge in [0.1, 0.15) is 5.75 Å². The molecule has 0 bridgehead atoms. The number of hydrogen-bond donors (Lipinski definition) is 1. The quantitative estimate of drug-likeness (QED) is 0.826. The van der Waals surface area contributed by atoms with E-state index in [-0.39, 0.29) is 11.6 Å². The molecule has 0 amide bonds. The maximum Gasteiger partial charge on any atom is 0.124 e. The molecule has 3 nitrogen and oxygen atoms in total. The predicted octanol–water partition coefficient (Wildman–Crippen LogP) is 3.92. The Hall–Kier alpha value is -1.06. The molecule has 0 aliphatic heterocycles. The van der Waals surface area contributed by atoms with Crippen LogP contribution in [-0.2, 0) is 4.74 Å². The van der Waals surface area contributed by atoms with E-state index in [1.54, 1.807) is 7.11 Å². The van der Waals surface area contributed by atoms with Gasteiger partial charge >= 0.3 is 0 Å². The average molecular weight is 291 g/mol. The Kier molecular flexibility index (Phi) is 5.28. The number of benzene rings is 1. The number of aryl methyl sites for hydroxylation is 2. The van der Waals surface area contributed by atoms with Crippen molar-refractivity contribution >= 4 is 0 Å². The summed E-state index contributed by atoms with van der Waals surface area (Å²) in [6.45, 7) is 7.48. The van der Waals surface area contributed by atoms with Crippen LogP contribution in [0.1, 0.15) is 55.3 Å². The van der Waals surface area contributed by atoms with Gasteiger partial charge in [-0.05, 0) is 63.3 Å². The van der Waals surface area contributed by atoms with Crippen LogP contribution in [0.4, 0.5) is 0 Å². The van der Waals surface area contributed by atoms with Crippen LogP contribution in [0.25, 0.3) is 0 Å². The van der Waals surface area contributed by atoms with E-state index in [0.29, 0.717) is 0 Å². The summed E-state index contributed by atoms with van der Waals surface area (Å²) in [7, 11) is 3.60. The molecule has 0 radical (unpaired) electrons. The van der Waals surface area contributed by atoms with E-state index >= 15 is 0 Å². The number of rotatable bonds is 7. The van der Waals surface area contributed by atoms with Gasteiger partial charge in [0, 0.05) is 12.7 Å². The SMILES string of the molecule is CCCNC(c1c(C)cc(C)cc1OC)C1(OC)CCC1. The molecule has 118 valence electrons. The van der Waals surface area contributed by atoms with E-state index in [1.807, 2.05) is 7.11 Å². The lowest BCUT2D eigenvalue weighted by atomic mass is 9.71. The van der Waals surface area contributed by atoms with Gasteiger partial charge < -0.3 is 14.8 Å². The smallest absolute Gasteiger partial charge is 0.124 e. The Morgan fingerprint density at radius 3 is 2.43 bits per heavy atom. The third-order valence-corrected chi connectivity index (χ3v) is 4.73. The topological polar surface area (TPSA) is 30.5 Å². The first-order valence-corrected chi connectivity index (χ1v) is 8.01. The highest BCUT2D eigenvalue weighted by molar-refractivity contribution is 5.46. The lowest BCUT2D eigenvalue weighted by Crippen LogP contribution is -2.51. The molecule has 1 N–H and O–H groups in total. The van der Waals surface area contributed by atoms with Crippen molar-refractivity contribution in [2.75, 3.05) is 20.8 Å². The Morgan fingerprint density at radius 1 is 1.24 bits per heavy atom. The molecule has 0 spiro atoms. The molecule has 1 atom stereocenters. The van der Waals surface area contributed by atoms with E-state index in [1.165, 1.54) is 23.1 Å². The summed E-state index contributed by atoms with van der Waals surface area (Å²) < 4.78 is 11.6. The standard InChI is InChI=1S/C18H29NO2/c1-6-10-19-17(18(21-5)8-7-9-18)16-14(3)11-13(2)12-15(16)20-4/h11-12,17,19H,6-10H2,1-5H3. The van der Waals surface area contributed by atoms with Gasteiger partial charge in [-0.3, -0.25) is 0 Å². The minimum Gasteiger partial charge on any atom is -0.496 e. The third-order valence-electron chi connectivity index (χ3n) is 4.73. The van der Waals surface area contributed by atoms with Crippen molar-refractivity contribution < 1.29 is 9.47 Å². The second kappa shape index (κ2) is 6.80. The van der Waals surface area contributed by atoms with Crippen LogP contribution in [0.3, 0.4) is 0 Å². The van der Waals surface area contributed by atoms with Crippen LogP contribution in [0, 0.1) is 13.8 Å². The molecule has 1 aliphatic carbocycles. The van der Waals surface area contributed by atoms with Crippen molar-refractivity contribution in [3.63, 3.8) is 0 Å². The van der Waals surface area contributed by atoms with Crippen molar-refractivity contribution in [1.82, 2.24) is 5.32 Å². The molecular formula is C18H29NO2. The second-order valence-electron chi connectivity index (χ2n) is 6.21. The molecular weight excluding hydrogens is 262 g/mol. The van der Waals surface area contributed by atoms with E-state index in [9.17, 15) is 0 Å². The predicted molar refractivity (Wildman–Crippen MR) is 87.1 cm³/mol. The number of nitrogens with one attached hydrogen (secondary N) is 1.